The van der Waals surface area contributed by atoms with Crippen LogP contribution in [0, 0.1) is 6.92 Å². The molecule has 0 bridgehead atoms. The molecule has 124 valence electrons. The minimum atomic E-state index is -0.792. The molecule has 2 rings (SSSR count). The Balaban J connectivity index is 1.99. The average Bonchev–Trinajstić information content (AvgIpc) is 2.93. The van der Waals surface area contributed by atoms with Crippen LogP contribution in [0.4, 0.5) is 0 Å². The lowest BCUT2D eigenvalue weighted by molar-refractivity contribution is 0.0913. The van der Waals surface area contributed by atoms with Gasteiger partial charge in [0.05, 0.1) is 18.9 Å². The summed E-state index contributed by atoms with van der Waals surface area (Å²) in [5.74, 6) is 1.02. The second-order valence-corrected chi connectivity index (χ2v) is 5.32. The lowest BCUT2D eigenvalue weighted by Gasteiger charge is -2.13. The van der Waals surface area contributed by atoms with Crippen LogP contribution < -0.4 is 10.1 Å². The molecule has 0 aliphatic carbocycles. The average molecular weight is 318 g/mol. The highest BCUT2D eigenvalue weighted by molar-refractivity contribution is 5.96. The van der Waals surface area contributed by atoms with E-state index in [-0.39, 0.29) is 12.5 Å². The number of aliphatic hydroxyl groups is 1. The molecule has 23 heavy (non-hydrogen) atoms. The van der Waals surface area contributed by atoms with Crippen molar-refractivity contribution in [1.29, 1.82) is 0 Å². The Kier molecular flexibility index (Phi) is 5.76. The number of benzene rings is 1. The maximum atomic E-state index is 12.3. The Morgan fingerprint density at radius 1 is 1.39 bits per heavy atom. The number of rotatable bonds is 7. The van der Waals surface area contributed by atoms with Gasteiger partial charge in [0.15, 0.2) is 0 Å². The number of nitrogens with zero attached hydrogens (tertiary/aromatic N) is 1. The summed E-state index contributed by atoms with van der Waals surface area (Å²) in [7, 11) is 1.58. The number of aliphatic hydroxyl groups excluding tert-OH is 1. The van der Waals surface area contributed by atoms with E-state index in [9.17, 15) is 9.90 Å². The normalized spacial score (nSPS) is 12.0. The molecule has 0 saturated carbocycles. The molecule has 6 heteroatoms. The number of hydrogen-bond donors (Lipinski definition) is 2. The van der Waals surface area contributed by atoms with Crippen molar-refractivity contribution in [1.82, 2.24) is 10.5 Å². The van der Waals surface area contributed by atoms with Gasteiger partial charge >= 0.3 is 0 Å². The third-order valence-corrected chi connectivity index (χ3v) is 3.59. The number of aromatic nitrogens is 1. The van der Waals surface area contributed by atoms with E-state index >= 15 is 0 Å². The fourth-order valence-electron chi connectivity index (χ4n) is 2.33. The Bertz CT molecular complexity index is 649. The van der Waals surface area contributed by atoms with Crippen molar-refractivity contribution < 1.29 is 19.2 Å². The molecule has 1 amide bonds. The van der Waals surface area contributed by atoms with Crippen molar-refractivity contribution in [2.45, 2.75) is 32.8 Å². The van der Waals surface area contributed by atoms with Crippen molar-refractivity contribution in [3.63, 3.8) is 0 Å². The fraction of sp³-hybridized carbons (Fsp3) is 0.412. The Morgan fingerprint density at radius 3 is 2.70 bits per heavy atom. The molecule has 0 aliphatic heterocycles. The van der Waals surface area contributed by atoms with Crippen LogP contribution in [0.3, 0.4) is 0 Å². The predicted octanol–water partition coefficient (Wildman–Crippen LogP) is 2.41. The molecule has 1 unspecified atom stereocenters. The largest absolute Gasteiger partial charge is 0.497 e. The summed E-state index contributed by atoms with van der Waals surface area (Å²) in [4.78, 5) is 12.3. The predicted molar refractivity (Wildman–Crippen MR) is 85.5 cm³/mol. The Hall–Kier alpha value is -2.34. The molecule has 1 heterocycles. The summed E-state index contributed by atoms with van der Waals surface area (Å²) in [6.07, 6.45) is 0.730. The van der Waals surface area contributed by atoms with Crippen LogP contribution in [0.25, 0.3) is 0 Å². The van der Waals surface area contributed by atoms with Crippen LogP contribution in [0.2, 0.25) is 0 Å². The zero-order chi connectivity index (χ0) is 16.8. The van der Waals surface area contributed by atoms with Gasteiger partial charge in [0.1, 0.15) is 17.1 Å². The highest BCUT2D eigenvalue weighted by atomic mass is 16.5. The molecule has 6 nitrogen and oxygen atoms in total. The summed E-state index contributed by atoms with van der Waals surface area (Å²) in [5, 5.41) is 16.8. The van der Waals surface area contributed by atoms with Gasteiger partial charge < -0.3 is 19.7 Å². The molecular formula is C17H22N2O4. The number of carbonyl (C=O) groups excluding carboxylic acids is 1. The van der Waals surface area contributed by atoms with Crippen LogP contribution in [0.1, 0.15) is 46.8 Å². The minimum absolute atomic E-state index is 0.112. The molecule has 0 aliphatic rings. The van der Waals surface area contributed by atoms with Crippen molar-refractivity contribution >= 4 is 5.91 Å². The van der Waals surface area contributed by atoms with E-state index in [0.29, 0.717) is 34.8 Å². The summed E-state index contributed by atoms with van der Waals surface area (Å²) in [6, 6.07) is 7.07. The second kappa shape index (κ2) is 7.78. The minimum Gasteiger partial charge on any atom is -0.497 e. The Morgan fingerprint density at radius 2 is 2.09 bits per heavy atom. The van der Waals surface area contributed by atoms with E-state index in [2.05, 4.69) is 10.5 Å². The fourth-order valence-corrected chi connectivity index (χ4v) is 2.33. The quantitative estimate of drug-likeness (QED) is 0.819. The summed E-state index contributed by atoms with van der Waals surface area (Å²) >= 11 is 0. The van der Waals surface area contributed by atoms with Crippen molar-refractivity contribution in [3.05, 3.63) is 46.8 Å². The van der Waals surface area contributed by atoms with Gasteiger partial charge in [-0.15, -0.1) is 0 Å². The van der Waals surface area contributed by atoms with Gasteiger partial charge in [-0.2, -0.15) is 0 Å². The number of nitrogens with one attached hydrogen (secondary N) is 1. The van der Waals surface area contributed by atoms with E-state index in [1.165, 1.54) is 0 Å². The van der Waals surface area contributed by atoms with Gasteiger partial charge in [-0.25, -0.2) is 0 Å². The molecule has 0 spiro atoms. The van der Waals surface area contributed by atoms with Gasteiger partial charge in [-0.3, -0.25) is 4.79 Å². The first-order valence-corrected chi connectivity index (χ1v) is 7.62. The number of carbonyl (C=O) groups is 1. The lowest BCUT2D eigenvalue weighted by atomic mass is 10.1. The smallest absolute Gasteiger partial charge is 0.256 e. The molecule has 2 N–H and O–H groups in total. The van der Waals surface area contributed by atoms with E-state index in [4.69, 9.17) is 9.26 Å². The third-order valence-electron chi connectivity index (χ3n) is 3.59. The third kappa shape index (κ3) is 4.10. The molecule has 0 saturated heterocycles. The zero-order valence-electron chi connectivity index (χ0n) is 13.6. The maximum absolute atomic E-state index is 12.3. The SMILES string of the molecule is CCCc1onc(C)c1C(=O)NCC(O)c1ccc(OC)cc1. The standard InChI is InChI=1S/C17H22N2O4/c1-4-5-15-16(11(2)19-23-15)17(21)18-10-14(20)12-6-8-13(22-3)9-7-12/h6-9,14,20H,4-5,10H2,1-3H3,(H,18,21). The molecular weight excluding hydrogens is 296 g/mol. The maximum Gasteiger partial charge on any atom is 0.256 e. The molecule has 2 aromatic rings. The van der Waals surface area contributed by atoms with E-state index in [1.54, 1.807) is 38.3 Å². The zero-order valence-corrected chi connectivity index (χ0v) is 13.6. The lowest BCUT2D eigenvalue weighted by Crippen LogP contribution is -2.29. The molecule has 0 radical (unpaired) electrons. The highest BCUT2D eigenvalue weighted by Crippen LogP contribution is 2.18. The topological polar surface area (TPSA) is 84.6 Å². The molecule has 0 fully saturated rings. The van der Waals surface area contributed by atoms with Crippen LogP contribution in [-0.2, 0) is 6.42 Å². The van der Waals surface area contributed by atoms with Gasteiger partial charge in [0.2, 0.25) is 0 Å². The first-order valence-electron chi connectivity index (χ1n) is 7.62. The second-order valence-electron chi connectivity index (χ2n) is 5.32. The first-order chi connectivity index (χ1) is 11.1. The van der Waals surface area contributed by atoms with E-state index in [1.807, 2.05) is 6.92 Å². The number of aryl methyl sites for hydroxylation is 2. The summed E-state index contributed by atoms with van der Waals surface area (Å²) < 4.78 is 10.3. The molecule has 1 aromatic heterocycles. The van der Waals surface area contributed by atoms with Crippen LogP contribution >= 0.6 is 0 Å². The summed E-state index contributed by atoms with van der Waals surface area (Å²) in [6.45, 7) is 3.85. The van der Waals surface area contributed by atoms with E-state index in [0.717, 1.165) is 6.42 Å². The van der Waals surface area contributed by atoms with Gasteiger partial charge in [-0.1, -0.05) is 24.2 Å². The van der Waals surface area contributed by atoms with Gasteiger partial charge in [0.25, 0.3) is 5.91 Å². The van der Waals surface area contributed by atoms with Crippen molar-refractivity contribution in [2.24, 2.45) is 0 Å². The number of amides is 1. The van der Waals surface area contributed by atoms with E-state index < -0.39 is 6.10 Å². The van der Waals surface area contributed by atoms with Crippen LogP contribution in [0.5, 0.6) is 5.75 Å². The van der Waals surface area contributed by atoms with Gasteiger partial charge in [0, 0.05) is 13.0 Å². The Labute approximate surface area is 135 Å². The molecule has 1 atom stereocenters. The first kappa shape index (κ1) is 17.0. The van der Waals surface area contributed by atoms with Crippen molar-refractivity contribution in [3.8, 4) is 5.75 Å². The molecule has 1 aromatic carbocycles. The van der Waals surface area contributed by atoms with Crippen molar-refractivity contribution in [2.75, 3.05) is 13.7 Å². The number of hydrogen-bond acceptors (Lipinski definition) is 5. The number of ether oxygens (including phenoxy) is 1. The summed E-state index contributed by atoms with van der Waals surface area (Å²) in [5.41, 5.74) is 1.74. The van der Waals surface area contributed by atoms with Gasteiger partial charge in [-0.05, 0) is 31.0 Å². The number of methoxy groups -OCH3 is 1. The van der Waals surface area contributed by atoms with Crippen LogP contribution in [0.15, 0.2) is 28.8 Å². The monoisotopic (exact) mass is 318 g/mol. The van der Waals surface area contributed by atoms with Crippen LogP contribution in [-0.4, -0.2) is 29.8 Å². The highest BCUT2D eigenvalue weighted by Gasteiger charge is 2.20.